The van der Waals surface area contributed by atoms with E-state index in [0.717, 1.165) is 20.8 Å². The number of hydrogen-bond donors (Lipinski definition) is 1. The fourth-order valence-corrected chi connectivity index (χ4v) is 3.75. The average molecular weight is 483 g/mol. The summed E-state index contributed by atoms with van der Waals surface area (Å²) in [7, 11) is 0. The van der Waals surface area contributed by atoms with Gasteiger partial charge in [0, 0.05) is 5.69 Å². The normalized spacial score (nSPS) is 11.1. The molecule has 0 aromatic heterocycles. The van der Waals surface area contributed by atoms with Crippen LogP contribution < -0.4 is 10.1 Å². The highest BCUT2D eigenvalue weighted by molar-refractivity contribution is 9.10. The number of benzene rings is 4. The summed E-state index contributed by atoms with van der Waals surface area (Å²) in [6, 6.07) is 30.9. The summed E-state index contributed by atoms with van der Waals surface area (Å²) >= 11 is 3.51. The van der Waals surface area contributed by atoms with Gasteiger partial charge in [0.1, 0.15) is 24.0 Å². The Morgan fingerprint density at radius 2 is 1.69 bits per heavy atom. The number of nitriles is 1. The molecule has 0 radical (unpaired) electrons. The molecule has 0 bridgehead atoms. The van der Waals surface area contributed by atoms with E-state index in [1.807, 2.05) is 97.1 Å². The molecule has 4 nitrogen and oxygen atoms in total. The number of ether oxygens (including phenoxy) is 1. The number of hydrogen-bond acceptors (Lipinski definition) is 3. The Bertz CT molecular complexity index is 1340. The van der Waals surface area contributed by atoms with Gasteiger partial charge in [-0.3, -0.25) is 4.79 Å². The van der Waals surface area contributed by atoms with E-state index in [4.69, 9.17) is 4.74 Å². The van der Waals surface area contributed by atoms with E-state index in [9.17, 15) is 10.1 Å². The molecule has 4 aromatic carbocycles. The predicted octanol–water partition coefficient (Wildman–Crippen LogP) is 6.73. The van der Waals surface area contributed by atoms with Crippen LogP contribution in [-0.2, 0) is 11.4 Å². The van der Waals surface area contributed by atoms with Crippen molar-refractivity contribution in [1.82, 2.24) is 0 Å². The van der Waals surface area contributed by atoms with E-state index >= 15 is 0 Å². The largest absolute Gasteiger partial charge is 0.488 e. The Morgan fingerprint density at radius 1 is 0.938 bits per heavy atom. The second-order valence-corrected chi connectivity index (χ2v) is 8.00. The first kappa shape index (κ1) is 21.4. The number of fused-ring (bicyclic) bond motifs is 1. The molecule has 0 heterocycles. The third kappa shape index (κ3) is 5.23. The van der Waals surface area contributed by atoms with Gasteiger partial charge in [-0.2, -0.15) is 5.26 Å². The average Bonchev–Trinajstić information content (AvgIpc) is 2.82. The minimum atomic E-state index is -0.455. The minimum Gasteiger partial charge on any atom is -0.488 e. The maximum Gasteiger partial charge on any atom is 0.266 e. The fourth-order valence-electron chi connectivity index (χ4n) is 3.24. The lowest BCUT2D eigenvalue weighted by atomic mass is 10.1. The van der Waals surface area contributed by atoms with Gasteiger partial charge in [-0.25, -0.2) is 0 Å². The number of nitrogens with zero attached hydrogens (tertiary/aromatic N) is 1. The molecule has 0 spiro atoms. The maximum absolute atomic E-state index is 12.7. The van der Waals surface area contributed by atoms with Crippen LogP contribution >= 0.6 is 15.9 Å². The van der Waals surface area contributed by atoms with Crippen LogP contribution in [0, 0.1) is 11.3 Å². The van der Waals surface area contributed by atoms with Crippen molar-refractivity contribution in [2.75, 3.05) is 5.32 Å². The van der Waals surface area contributed by atoms with Gasteiger partial charge in [0.2, 0.25) is 0 Å². The summed E-state index contributed by atoms with van der Waals surface area (Å²) in [6.45, 7) is 0.451. The zero-order valence-corrected chi connectivity index (χ0v) is 18.7. The first-order valence-electron chi connectivity index (χ1n) is 10.0. The van der Waals surface area contributed by atoms with Crippen molar-refractivity contribution in [3.05, 3.63) is 112 Å². The standard InChI is InChI=1S/C27H19BrN2O2/c28-25-15-20(10-13-26(25)32-18-19-6-2-1-3-7-19)14-23(17-29)27(31)30-24-12-11-21-8-4-5-9-22(21)16-24/h1-16H,18H2,(H,30,31)/b23-14+. The third-order valence-corrected chi connectivity index (χ3v) is 5.50. The second kappa shape index (κ2) is 9.95. The molecule has 5 heteroatoms. The molecule has 1 N–H and O–H groups in total. The zero-order chi connectivity index (χ0) is 22.3. The molecule has 0 saturated heterocycles. The number of carbonyl (C=O) groups is 1. The molecule has 0 fully saturated rings. The highest BCUT2D eigenvalue weighted by atomic mass is 79.9. The summed E-state index contributed by atoms with van der Waals surface area (Å²) < 4.78 is 6.60. The monoisotopic (exact) mass is 482 g/mol. The topological polar surface area (TPSA) is 62.1 Å². The van der Waals surface area contributed by atoms with Gasteiger partial charge in [-0.15, -0.1) is 0 Å². The van der Waals surface area contributed by atoms with Gasteiger partial charge in [0.25, 0.3) is 5.91 Å². The van der Waals surface area contributed by atoms with Crippen LogP contribution in [-0.4, -0.2) is 5.91 Å². The van der Waals surface area contributed by atoms with Crippen LogP contribution in [0.4, 0.5) is 5.69 Å². The molecular formula is C27H19BrN2O2. The SMILES string of the molecule is N#C/C(=C\c1ccc(OCc2ccccc2)c(Br)c1)C(=O)Nc1ccc2ccccc2c1. The first-order valence-corrected chi connectivity index (χ1v) is 10.8. The minimum absolute atomic E-state index is 0.0167. The van der Waals surface area contributed by atoms with Crippen molar-refractivity contribution >= 4 is 44.4 Å². The number of rotatable bonds is 6. The van der Waals surface area contributed by atoms with Crippen molar-refractivity contribution in [1.29, 1.82) is 5.26 Å². The van der Waals surface area contributed by atoms with E-state index in [1.54, 1.807) is 6.08 Å². The molecule has 0 unspecified atom stereocenters. The maximum atomic E-state index is 12.7. The molecule has 156 valence electrons. The Morgan fingerprint density at radius 3 is 2.44 bits per heavy atom. The van der Waals surface area contributed by atoms with E-state index in [0.29, 0.717) is 23.6 Å². The lowest BCUT2D eigenvalue weighted by Crippen LogP contribution is -2.13. The van der Waals surface area contributed by atoms with Crippen molar-refractivity contribution in [2.24, 2.45) is 0 Å². The summed E-state index contributed by atoms with van der Waals surface area (Å²) in [5.74, 6) is 0.230. The summed E-state index contributed by atoms with van der Waals surface area (Å²) in [4.78, 5) is 12.7. The third-order valence-electron chi connectivity index (χ3n) is 4.88. The van der Waals surface area contributed by atoms with Crippen molar-refractivity contribution < 1.29 is 9.53 Å². The number of amides is 1. The van der Waals surface area contributed by atoms with Crippen LogP contribution in [0.3, 0.4) is 0 Å². The Balaban J connectivity index is 1.47. The molecule has 1 amide bonds. The molecule has 32 heavy (non-hydrogen) atoms. The Labute approximate surface area is 194 Å². The summed E-state index contributed by atoms with van der Waals surface area (Å²) in [5.41, 5.74) is 2.44. The van der Waals surface area contributed by atoms with Crippen LogP contribution in [0.2, 0.25) is 0 Å². The van der Waals surface area contributed by atoms with E-state index in [2.05, 4.69) is 21.2 Å². The van der Waals surface area contributed by atoms with Crippen molar-refractivity contribution in [3.8, 4) is 11.8 Å². The lowest BCUT2D eigenvalue weighted by Gasteiger charge is -2.09. The number of nitrogens with one attached hydrogen (secondary N) is 1. The molecule has 0 aliphatic rings. The van der Waals surface area contributed by atoms with Gasteiger partial charge >= 0.3 is 0 Å². The van der Waals surface area contributed by atoms with Crippen molar-refractivity contribution in [3.63, 3.8) is 0 Å². The Kier molecular flexibility index (Phi) is 6.64. The number of anilines is 1. The molecular weight excluding hydrogens is 464 g/mol. The van der Waals surface area contributed by atoms with E-state index in [-0.39, 0.29) is 5.57 Å². The lowest BCUT2D eigenvalue weighted by molar-refractivity contribution is -0.112. The van der Waals surface area contributed by atoms with Gasteiger partial charge in [-0.1, -0.05) is 66.7 Å². The quantitative estimate of drug-likeness (QED) is 0.244. The summed E-state index contributed by atoms with van der Waals surface area (Å²) in [5, 5.41) is 14.4. The van der Waals surface area contributed by atoms with Gasteiger partial charge in [-0.05, 0) is 68.2 Å². The van der Waals surface area contributed by atoms with Gasteiger partial charge in [0.15, 0.2) is 0 Å². The zero-order valence-electron chi connectivity index (χ0n) is 17.1. The van der Waals surface area contributed by atoms with Crippen LogP contribution in [0.25, 0.3) is 16.8 Å². The molecule has 4 rings (SSSR count). The van der Waals surface area contributed by atoms with E-state index in [1.165, 1.54) is 0 Å². The summed E-state index contributed by atoms with van der Waals surface area (Å²) in [6.07, 6.45) is 1.56. The molecule has 0 atom stereocenters. The number of carbonyl (C=O) groups excluding carboxylic acids is 1. The molecule has 0 saturated carbocycles. The molecule has 0 aliphatic carbocycles. The van der Waals surface area contributed by atoms with E-state index < -0.39 is 5.91 Å². The van der Waals surface area contributed by atoms with Gasteiger partial charge in [0.05, 0.1) is 4.47 Å². The molecule has 0 aliphatic heterocycles. The van der Waals surface area contributed by atoms with Gasteiger partial charge < -0.3 is 10.1 Å². The molecule has 4 aromatic rings. The number of halogens is 1. The second-order valence-electron chi connectivity index (χ2n) is 7.15. The Hall–Kier alpha value is -3.88. The van der Waals surface area contributed by atoms with Crippen molar-refractivity contribution in [2.45, 2.75) is 6.61 Å². The smallest absolute Gasteiger partial charge is 0.266 e. The first-order chi connectivity index (χ1) is 15.6. The van der Waals surface area contributed by atoms with Crippen LogP contribution in [0.5, 0.6) is 5.75 Å². The highest BCUT2D eigenvalue weighted by Gasteiger charge is 2.11. The van der Waals surface area contributed by atoms with Crippen LogP contribution in [0.15, 0.2) is 101 Å². The highest BCUT2D eigenvalue weighted by Crippen LogP contribution is 2.28. The fraction of sp³-hybridized carbons (Fsp3) is 0.0370. The van der Waals surface area contributed by atoms with Crippen LogP contribution in [0.1, 0.15) is 11.1 Å². The predicted molar refractivity (Wildman–Crippen MR) is 131 cm³/mol.